The Balaban J connectivity index is 2.42. The van der Waals surface area contributed by atoms with Crippen molar-refractivity contribution in [2.45, 2.75) is 46.6 Å². The van der Waals surface area contributed by atoms with Crippen molar-refractivity contribution in [1.82, 2.24) is 5.32 Å². The summed E-state index contributed by atoms with van der Waals surface area (Å²) in [6.07, 6.45) is 2.23. The third-order valence-electron chi connectivity index (χ3n) is 3.94. The highest BCUT2D eigenvalue weighted by atomic mass is 32.1. The van der Waals surface area contributed by atoms with Gasteiger partial charge in [-0.1, -0.05) is 39.0 Å². The van der Waals surface area contributed by atoms with Gasteiger partial charge in [-0.2, -0.15) is 11.3 Å². The third-order valence-corrected chi connectivity index (χ3v) is 4.82. The summed E-state index contributed by atoms with van der Waals surface area (Å²) in [7, 11) is 0. The number of thiophene rings is 1. The van der Waals surface area contributed by atoms with E-state index in [-0.39, 0.29) is 0 Å². The van der Waals surface area contributed by atoms with Crippen LogP contribution in [0.25, 0.3) is 0 Å². The maximum Gasteiger partial charge on any atom is 0.0587 e. The zero-order valence-electron chi connectivity index (χ0n) is 13.0. The number of nitrogens with one attached hydrogen (secondary N) is 1. The molecular formula is C18H25NS. The van der Waals surface area contributed by atoms with Crippen LogP contribution in [0.5, 0.6) is 0 Å². The molecule has 0 radical (unpaired) electrons. The molecule has 0 aliphatic carbocycles. The Kier molecular flexibility index (Phi) is 5.38. The summed E-state index contributed by atoms with van der Waals surface area (Å²) in [5.41, 5.74) is 7.17. The van der Waals surface area contributed by atoms with Crippen LogP contribution >= 0.6 is 11.3 Å². The van der Waals surface area contributed by atoms with Gasteiger partial charge in [0, 0.05) is 0 Å². The third kappa shape index (κ3) is 3.13. The summed E-state index contributed by atoms with van der Waals surface area (Å²) in [4.78, 5) is 0. The molecule has 0 bridgehead atoms. The molecule has 2 rings (SSSR count). The normalized spacial score (nSPS) is 12.6. The standard InChI is InChI=1S/C18H25NS/c1-5-14-8-9-16(10-15(14)6-2)18(19-7-3)17-12-20-11-13(17)4/h8-12,18-19H,5-7H2,1-4H3. The topological polar surface area (TPSA) is 12.0 Å². The predicted octanol–water partition coefficient (Wildman–Crippen LogP) is 4.88. The molecule has 2 heteroatoms. The van der Waals surface area contributed by atoms with Crippen LogP contribution in [-0.4, -0.2) is 6.54 Å². The van der Waals surface area contributed by atoms with Crippen LogP contribution in [0.2, 0.25) is 0 Å². The molecule has 108 valence electrons. The van der Waals surface area contributed by atoms with Crippen LogP contribution in [0.3, 0.4) is 0 Å². The molecule has 0 aliphatic rings. The van der Waals surface area contributed by atoms with Crippen LogP contribution in [-0.2, 0) is 12.8 Å². The van der Waals surface area contributed by atoms with Crippen LogP contribution < -0.4 is 5.32 Å². The average molecular weight is 287 g/mol. The maximum atomic E-state index is 3.64. The fourth-order valence-electron chi connectivity index (χ4n) is 2.78. The fourth-order valence-corrected chi connectivity index (χ4v) is 3.65. The van der Waals surface area contributed by atoms with Crippen molar-refractivity contribution in [3.05, 3.63) is 56.8 Å². The van der Waals surface area contributed by atoms with Gasteiger partial charge < -0.3 is 5.32 Å². The number of hydrogen-bond donors (Lipinski definition) is 1. The summed E-state index contributed by atoms with van der Waals surface area (Å²) in [5.74, 6) is 0. The lowest BCUT2D eigenvalue weighted by molar-refractivity contribution is 0.629. The number of hydrogen-bond acceptors (Lipinski definition) is 2. The van der Waals surface area contributed by atoms with Crippen LogP contribution in [0.15, 0.2) is 29.0 Å². The largest absolute Gasteiger partial charge is 0.306 e. The summed E-state index contributed by atoms with van der Waals surface area (Å²) >= 11 is 1.79. The molecule has 1 aromatic heterocycles. The smallest absolute Gasteiger partial charge is 0.0587 e. The minimum Gasteiger partial charge on any atom is -0.306 e. The van der Waals surface area contributed by atoms with Gasteiger partial charge in [-0.15, -0.1) is 0 Å². The highest BCUT2D eigenvalue weighted by molar-refractivity contribution is 7.08. The second kappa shape index (κ2) is 7.05. The van der Waals surface area contributed by atoms with E-state index in [2.05, 4.69) is 62.0 Å². The van der Waals surface area contributed by atoms with E-state index in [1.807, 2.05) is 0 Å². The van der Waals surface area contributed by atoms with Gasteiger partial charge in [0.25, 0.3) is 0 Å². The van der Waals surface area contributed by atoms with Crippen molar-refractivity contribution in [2.24, 2.45) is 0 Å². The predicted molar refractivity (Wildman–Crippen MR) is 89.8 cm³/mol. The quantitative estimate of drug-likeness (QED) is 0.798. The van der Waals surface area contributed by atoms with Crippen molar-refractivity contribution < 1.29 is 0 Å². The highest BCUT2D eigenvalue weighted by Gasteiger charge is 2.16. The molecule has 0 saturated heterocycles. The van der Waals surface area contributed by atoms with Crippen LogP contribution in [0.1, 0.15) is 54.6 Å². The Hall–Kier alpha value is -1.12. The number of aryl methyl sites for hydroxylation is 3. The van der Waals surface area contributed by atoms with Gasteiger partial charge in [-0.25, -0.2) is 0 Å². The first-order valence-corrected chi connectivity index (χ1v) is 8.53. The van der Waals surface area contributed by atoms with Gasteiger partial charge in [-0.05, 0) is 64.9 Å². The Morgan fingerprint density at radius 1 is 1.05 bits per heavy atom. The fraction of sp³-hybridized carbons (Fsp3) is 0.444. The molecule has 1 N–H and O–H groups in total. The molecule has 1 nitrogen and oxygen atoms in total. The first kappa shape index (κ1) is 15.3. The first-order chi connectivity index (χ1) is 9.71. The number of benzene rings is 1. The molecule has 0 amide bonds. The van der Waals surface area contributed by atoms with Crippen molar-refractivity contribution in [1.29, 1.82) is 0 Å². The Morgan fingerprint density at radius 3 is 2.35 bits per heavy atom. The summed E-state index contributed by atoms with van der Waals surface area (Å²) < 4.78 is 0. The van der Waals surface area contributed by atoms with Gasteiger partial charge in [0.05, 0.1) is 6.04 Å². The highest BCUT2D eigenvalue weighted by Crippen LogP contribution is 2.29. The van der Waals surface area contributed by atoms with E-state index in [1.165, 1.54) is 27.8 Å². The van der Waals surface area contributed by atoms with Gasteiger partial charge >= 0.3 is 0 Å². The van der Waals surface area contributed by atoms with Crippen molar-refractivity contribution >= 4 is 11.3 Å². The van der Waals surface area contributed by atoms with Crippen molar-refractivity contribution in [2.75, 3.05) is 6.54 Å². The molecule has 1 heterocycles. The van der Waals surface area contributed by atoms with E-state index in [9.17, 15) is 0 Å². The second-order valence-electron chi connectivity index (χ2n) is 5.24. The lowest BCUT2D eigenvalue weighted by Gasteiger charge is -2.20. The van der Waals surface area contributed by atoms with E-state index < -0.39 is 0 Å². The van der Waals surface area contributed by atoms with E-state index >= 15 is 0 Å². The summed E-state index contributed by atoms with van der Waals surface area (Å²) in [5, 5.41) is 8.15. The van der Waals surface area contributed by atoms with Crippen molar-refractivity contribution in [3.63, 3.8) is 0 Å². The zero-order valence-corrected chi connectivity index (χ0v) is 13.8. The van der Waals surface area contributed by atoms with Gasteiger partial charge in [0.15, 0.2) is 0 Å². The van der Waals surface area contributed by atoms with Gasteiger partial charge in [0.2, 0.25) is 0 Å². The average Bonchev–Trinajstić information content (AvgIpc) is 2.90. The molecular weight excluding hydrogens is 262 g/mol. The lowest BCUT2D eigenvalue weighted by Crippen LogP contribution is -2.22. The van der Waals surface area contributed by atoms with Crippen molar-refractivity contribution in [3.8, 4) is 0 Å². The van der Waals surface area contributed by atoms with E-state index in [0.29, 0.717) is 6.04 Å². The van der Waals surface area contributed by atoms with E-state index in [0.717, 1.165) is 19.4 Å². The Bertz CT molecular complexity index is 556. The monoisotopic (exact) mass is 287 g/mol. The molecule has 2 aromatic rings. The molecule has 1 aromatic carbocycles. The van der Waals surface area contributed by atoms with Gasteiger partial charge in [-0.3, -0.25) is 0 Å². The second-order valence-corrected chi connectivity index (χ2v) is 5.98. The van der Waals surface area contributed by atoms with Gasteiger partial charge in [0.1, 0.15) is 0 Å². The molecule has 1 unspecified atom stereocenters. The van der Waals surface area contributed by atoms with Crippen LogP contribution in [0, 0.1) is 6.92 Å². The molecule has 1 atom stereocenters. The summed E-state index contributed by atoms with van der Waals surface area (Å²) in [6, 6.07) is 7.31. The molecule has 0 fully saturated rings. The zero-order chi connectivity index (χ0) is 14.5. The minimum absolute atomic E-state index is 0.322. The van der Waals surface area contributed by atoms with E-state index in [1.54, 1.807) is 11.3 Å². The first-order valence-electron chi connectivity index (χ1n) is 7.58. The minimum atomic E-state index is 0.322. The molecule has 20 heavy (non-hydrogen) atoms. The summed E-state index contributed by atoms with van der Waals surface area (Å²) in [6.45, 7) is 9.85. The van der Waals surface area contributed by atoms with E-state index in [4.69, 9.17) is 0 Å². The molecule has 0 saturated carbocycles. The van der Waals surface area contributed by atoms with Crippen LogP contribution in [0.4, 0.5) is 0 Å². The molecule has 0 aliphatic heterocycles. The lowest BCUT2D eigenvalue weighted by atomic mass is 9.93. The molecule has 0 spiro atoms. The Morgan fingerprint density at radius 2 is 1.80 bits per heavy atom. The Labute approximate surface area is 127 Å². The number of rotatable bonds is 6. The maximum absolute atomic E-state index is 3.64. The SMILES string of the molecule is CCNC(c1ccc(CC)c(CC)c1)c1cscc1C.